The summed E-state index contributed by atoms with van der Waals surface area (Å²) in [7, 11) is 0. The van der Waals surface area contributed by atoms with E-state index >= 15 is 0 Å². The molecule has 2 aromatic carbocycles. The van der Waals surface area contributed by atoms with Gasteiger partial charge in [-0.2, -0.15) is 0 Å². The fourth-order valence-electron chi connectivity index (χ4n) is 3.66. The Morgan fingerprint density at radius 3 is 2.82 bits per heavy atom. The van der Waals surface area contributed by atoms with Gasteiger partial charge in [-0.3, -0.25) is 9.20 Å². The number of halogens is 1. The highest BCUT2D eigenvalue weighted by Crippen LogP contribution is 2.36. The number of pyridine rings is 1. The van der Waals surface area contributed by atoms with Crippen LogP contribution in [0, 0.1) is 0 Å². The Morgan fingerprint density at radius 1 is 1.00 bits per heavy atom. The van der Waals surface area contributed by atoms with E-state index in [9.17, 15) is 4.79 Å². The van der Waals surface area contributed by atoms with Crippen LogP contribution in [0.2, 0.25) is 5.02 Å². The molecule has 0 radical (unpaired) electrons. The Kier molecular flexibility index (Phi) is 5.20. The van der Waals surface area contributed by atoms with Crippen molar-refractivity contribution in [1.82, 2.24) is 19.4 Å². The number of hydrogen-bond donors (Lipinski definition) is 1. The number of benzene rings is 2. The number of nitrogens with one attached hydrogen (secondary N) is 1. The van der Waals surface area contributed by atoms with Crippen LogP contribution < -0.4 is 20.3 Å². The van der Waals surface area contributed by atoms with E-state index in [1.54, 1.807) is 18.3 Å². The molecular formula is C24H16ClN5O3S. The Morgan fingerprint density at radius 2 is 1.88 bits per heavy atom. The standard InChI is InChI=1S/C24H16ClN5O3S/c25-14-5-8-21-26-16(10-22(31)30(21)11-14)12-34-24-28-18-4-2-1-3-17(18)23(29-24)27-15-6-7-19-20(9-15)33-13-32-19/h1-11H,12-13H2,(H,27,28,29). The molecule has 34 heavy (non-hydrogen) atoms. The van der Waals surface area contributed by atoms with Crippen molar-refractivity contribution in [2.45, 2.75) is 10.9 Å². The number of rotatable bonds is 5. The highest BCUT2D eigenvalue weighted by atomic mass is 35.5. The third-order valence-corrected chi connectivity index (χ3v) is 6.35. The average Bonchev–Trinajstić information content (AvgIpc) is 3.31. The highest BCUT2D eigenvalue weighted by molar-refractivity contribution is 7.98. The lowest BCUT2D eigenvalue weighted by Gasteiger charge is -2.11. The molecule has 0 amide bonds. The van der Waals surface area contributed by atoms with Crippen molar-refractivity contribution >= 4 is 51.4 Å². The molecule has 0 atom stereocenters. The summed E-state index contributed by atoms with van der Waals surface area (Å²) in [5, 5.41) is 5.31. The van der Waals surface area contributed by atoms with Crippen molar-refractivity contribution in [3.05, 3.63) is 87.9 Å². The zero-order chi connectivity index (χ0) is 23.1. The topological polar surface area (TPSA) is 90.6 Å². The normalized spacial score (nSPS) is 12.4. The Bertz CT molecular complexity index is 1620. The lowest BCUT2D eigenvalue weighted by atomic mass is 10.2. The summed E-state index contributed by atoms with van der Waals surface area (Å²) < 4.78 is 12.3. The zero-order valence-electron chi connectivity index (χ0n) is 17.6. The first-order valence-electron chi connectivity index (χ1n) is 10.4. The fourth-order valence-corrected chi connectivity index (χ4v) is 4.57. The minimum atomic E-state index is -0.187. The van der Waals surface area contributed by atoms with E-state index in [0.717, 1.165) is 22.3 Å². The number of hydrogen-bond acceptors (Lipinski definition) is 8. The quantitative estimate of drug-likeness (QED) is 0.271. The minimum Gasteiger partial charge on any atom is -0.454 e. The van der Waals surface area contributed by atoms with E-state index < -0.39 is 0 Å². The van der Waals surface area contributed by atoms with Crippen LogP contribution in [0.4, 0.5) is 11.5 Å². The molecule has 1 aliphatic heterocycles. The third-order valence-electron chi connectivity index (χ3n) is 5.24. The Labute approximate surface area is 202 Å². The molecule has 0 fully saturated rings. The van der Waals surface area contributed by atoms with Crippen molar-refractivity contribution in [2.24, 2.45) is 0 Å². The molecule has 3 aromatic heterocycles. The van der Waals surface area contributed by atoms with E-state index in [1.165, 1.54) is 22.2 Å². The van der Waals surface area contributed by atoms with Crippen molar-refractivity contribution in [1.29, 1.82) is 0 Å². The molecule has 0 aliphatic carbocycles. The first kappa shape index (κ1) is 20.8. The van der Waals surface area contributed by atoms with Gasteiger partial charge < -0.3 is 14.8 Å². The van der Waals surface area contributed by atoms with Crippen molar-refractivity contribution in [2.75, 3.05) is 12.1 Å². The maximum atomic E-state index is 12.5. The lowest BCUT2D eigenvalue weighted by Crippen LogP contribution is -2.15. The summed E-state index contributed by atoms with van der Waals surface area (Å²) in [5.74, 6) is 2.52. The SMILES string of the molecule is O=c1cc(CSc2nc(Nc3ccc4c(c3)OCO4)c3ccccc3n2)nc2ccc(Cl)cn12. The van der Waals surface area contributed by atoms with Gasteiger partial charge in [0, 0.05) is 35.2 Å². The molecule has 5 aromatic rings. The molecule has 10 heteroatoms. The van der Waals surface area contributed by atoms with Crippen molar-refractivity contribution < 1.29 is 9.47 Å². The molecule has 1 aliphatic rings. The van der Waals surface area contributed by atoms with Gasteiger partial charge in [-0.05, 0) is 36.4 Å². The summed E-state index contributed by atoms with van der Waals surface area (Å²) in [6.45, 7) is 0.218. The lowest BCUT2D eigenvalue weighted by molar-refractivity contribution is 0.174. The number of para-hydroxylation sites is 1. The van der Waals surface area contributed by atoms with Crippen molar-refractivity contribution in [3.8, 4) is 11.5 Å². The van der Waals surface area contributed by atoms with Crippen LogP contribution in [0.3, 0.4) is 0 Å². The molecule has 8 nitrogen and oxygen atoms in total. The van der Waals surface area contributed by atoms with Gasteiger partial charge in [-0.15, -0.1) is 0 Å². The average molecular weight is 490 g/mol. The van der Waals surface area contributed by atoms with Crippen LogP contribution in [0.1, 0.15) is 5.69 Å². The van der Waals surface area contributed by atoms with Crippen LogP contribution >= 0.6 is 23.4 Å². The number of thioether (sulfide) groups is 1. The van der Waals surface area contributed by atoms with Gasteiger partial charge >= 0.3 is 0 Å². The number of nitrogens with zero attached hydrogens (tertiary/aromatic N) is 4. The Hall–Kier alpha value is -3.82. The second-order valence-corrected chi connectivity index (χ2v) is 8.89. The number of aromatic nitrogens is 4. The molecule has 4 heterocycles. The van der Waals surface area contributed by atoms with Gasteiger partial charge in [0.2, 0.25) is 6.79 Å². The summed E-state index contributed by atoms with van der Waals surface area (Å²) in [6, 6.07) is 18.4. The van der Waals surface area contributed by atoms with Crippen molar-refractivity contribution in [3.63, 3.8) is 0 Å². The second-order valence-electron chi connectivity index (χ2n) is 7.51. The summed E-state index contributed by atoms with van der Waals surface area (Å²) >= 11 is 7.40. The predicted octanol–water partition coefficient (Wildman–Crippen LogP) is 5.06. The molecule has 0 spiro atoms. The third kappa shape index (κ3) is 4.00. The maximum Gasteiger partial charge on any atom is 0.258 e. The number of fused-ring (bicyclic) bond motifs is 3. The number of anilines is 2. The monoisotopic (exact) mass is 489 g/mol. The molecule has 0 saturated carbocycles. The van der Waals surface area contributed by atoms with Crippen LogP contribution in [-0.2, 0) is 5.75 Å². The van der Waals surface area contributed by atoms with Crippen LogP contribution in [0.25, 0.3) is 16.6 Å². The van der Waals surface area contributed by atoms with E-state index in [1.807, 2.05) is 42.5 Å². The van der Waals surface area contributed by atoms with Gasteiger partial charge in [0.15, 0.2) is 16.7 Å². The van der Waals surface area contributed by atoms with E-state index in [0.29, 0.717) is 38.8 Å². The Balaban J connectivity index is 1.31. The minimum absolute atomic E-state index is 0.187. The molecule has 6 rings (SSSR count). The summed E-state index contributed by atoms with van der Waals surface area (Å²) in [6.07, 6.45) is 1.56. The van der Waals surface area contributed by atoms with Gasteiger partial charge in [0.25, 0.3) is 5.56 Å². The van der Waals surface area contributed by atoms with E-state index in [-0.39, 0.29) is 12.4 Å². The van der Waals surface area contributed by atoms with Crippen LogP contribution in [-0.4, -0.2) is 26.1 Å². The summed E-state index contributed by atoms with van der Waals surface area (Å²) in [4.78, 5) is 26.5. The van der Waals surface area contributed by atoms with Crippen LogP contribution in [0.5, 0.6) is 11.5 Å². The molecule has 0 unspecified atom stereocenters. The van der Waals surface area contributed by atoms with Gasteiger partial charge in [-0.1, -0.05) is 35.5 Å². The molecule has 0 saturated heterocycles. The number of ether oxygens (including phenoxy) is 2. The summed E-state index contributed by atoms with van der Waals surface area (Å²) in [5.41, 5.74) is 2.63. The second kappa shape index (κ2) is 8.51. The largest absolute Gasteiger partial charge is 0.454 e. The molecular weight excluding hydrogens is 474 g/mol. The fraction of sp³-hybridized carbons (Fsp3) is 0.0833. The smallest absolute Gasteiger partial charge is 0.258 e. The van der Waals surface area contributed by atoms with E-state index in [4.69, 9.17) is 26.1 Å². The first-order valence-corrected chi connectivity index (χ1v) is 11.7. The van der Waals surface area contributed by atoms with E-state index in [2.05, 4.69) is 15.3 Å². The predicted molar refractivity (Wildman–Crippen MR) is 131 cm³/mol. The van der Waals surface area contributed by atoms with Gasteiger partial charge in [0.05, 0.1) is 16.2 Å². The van der Waals surface area contributed by atoms with Gasteiger partial charge in [-0.25, -0.2) is 15.0 Å². The van der Waals surface area contributed by atoms with Crippen LogP contribution in [0.15, 0.2) is 76.8 Å². The molecule has 1 N–H and O–H groups in total. The zero-order valence-corrected chi connectivity index (χ0v) is 19.1. The molecule has 0 bridgehead atoms. The van der Waals surface area contributed by atoms with Gasteiger partial charge in [0.1, 0.15) is 11.5 Å². The maximum absolute atomic E-state index is 12.5. The highest BCUT2D eigenvalue weighted by Gasteiger charge is 2.15. The molecule has 168 valence electrons. The first-order chi connectivity index (χ1) is 16.6.